The average molecular weight is 436 g/mol. The van der Waals surface area contributed by atoms with Crippen molar-refractivity contribution in [3.05, 3.63) is 48.2 Å². The topological polar surface area (TPSA) is 39.2 Å². The number of hydrogen-bond donors (Lipinski definition) is 0. The predicted molar refractivity (Wildman–Crippen MR) is 133 cm³/mol. The minimum atomic E-state index is -0.0619. The van der Waals surface area contributed by atoms with Crippen molar-refractivity contribution in [3.63, 3.8) is 0 Å². The summed E-state index contributed by atoms with van der Waals surface area (Å²) in [5, 5.41) is 0. The van der Waals surface area contributed by atoms with E-state index in [9.17, 15) is 4.79 Å². The molecule has 0 bridgehead atoms. The molecule has 1 aliphatic rings. The summed E-state index contributed by atoms with van der Waals surface area (Å²) < 4.78 is 5.69. The molecule has 0 spiro atoms. The predicted octanol–water partition coefficient (Wildman–Crippen LogP) is 8.16. The number of esters is 1. The quantitative estimate of drug-likeness (QED) is 0.192. The number of benzene rings is 1. The van der Waals surface area contributed by atoms with Gasteiger partial charge >= 0.3 is 5.97 Å². The smallest absolute Gasteiger partial charge is 0.314 e. The molecule has 0 amide bonds. The third kappa shape index (κ3) is 7.76. The van der Waals surface area contributed by atoms with Gasteiger partial charge < -0.3 is 4.74 Å². The Morgan fingerprint density at radius 3 is 2.25 bits per heavy atom. The number of rotatable bonds is 12. The van der Waals surface area contributed by atoms with Crippen molar-refractivity contribution < 1.29 is 9.53 Å². The van der Waals surface area contributed by atoms with E-state index < -0.39 is 0 Å². The van der Waals surface area contributed by atoms with Gasteiger partial charge in [-0.05, 0) is 80.3 Å². The highest BCUT2D eigenvalue weighted by Gasteiger charge is 2.27. The lowest BCUT2D eigenvalue weighted by molar-refractivity contribution is -0.140. The first-order chi connectivity index (χ1) is 15.7. The van der Waals surface area contributed by atoms with Gasteiger partial charge in [0, 0.05) is 11.8 Å². The molecule has 1 fully saturated rings. The third-order valence-electron chi connectivity index (χ3n) is 6.91. The second kappa shape index (κ2) is 13.4. The number of carbonyl (C=O) groups is 1. The number of aromatic nitrogens is 1. The molecule has 0 N–H and O–H groups in total. The summed E-state index contributed by atoms with van der Waals surface area (Å²) in [5.41, 5.74) is 3.32. The lowest BCUT2D eigenvalue weighted by Crippen LogP contribution is -2.25. The highest BCUT2D eigenvalue weighted by molar-refractivity contribution is 5.75. The number of nitrogens with zero attached hydrogens (tertiary/aromatic N) is 1. The van der Waals surface area contributed by atoms with Crippen LogP contribution in [0.15, 0.2) is 42.6 Å². The zero-order valence-corrected chi connectivity index (χ0v) is 20.2. The van der Waals surface area contributed by atoms with Gasteiger partial charge in [-0.1, -0.05) is 64.9 Å². The normalized spacial score (nSPS) is 18.4. The highest BCUT2D eigenvalue weighted by Crippen LogP contribution is 2.33. The van der Waals surface area contributed by atoms with E-state index in [4.69, 9.17) is 4.74 Å². The lowest BCUT2D eigenvalue weighted by atomic mass is 9.80. The number of pyridine rings is 1. The average Bonchev–Trinajstić information content (AvgIpc) is 2.84. The van der Waals surface area contributed by atoms with Crippen LogP contribution in [-0.2, 0) is 11.2 Å². The van der Waals surface area contributed by atoms with E-state index in [2.05, 4.69) is 31.0 Å². The molecular weight excluding hydrogens is 394 g/mol. The van der Waals surface area contributed by atoms with Crippen LogP contribution in [-0.4, -0.2) is 11.0 Å². The van der Waals surface area contributed by atoms with Gasteiger partial charge in [-0.2, -0.15) is 0 Å². The summed E-state index contributed by atoms with van der Waals surface area (Å²) in [4.78, 5) is 17.2. The van der Waals surface area contributed by atoms with Crippen molar-refractivity contribution in [3.8, 4) is 17.0 Å². The Morgan fingerprint density at radius 1 is 0.875 bits per heavy atom. The standard InChI is InChI=1S/C29H41NO2/c1-3-5-7-8-9-11-24-14-21-28(30-22-24)25-17-19-27(20-18-25)32-29(31)26-15-12-23(13-16-26)10-6-4-2/h14,17-23,26H,3-13,15-16H2,1-2H3/t23-,26-. The number of carbonyl (C=O) groups excluding carboxylic acids is 1. The summed E-state index contributed by atoms with van der Waals surface area (Å²) in [6.07, 6.45) is 17.8. The lowest BCUT2D eigenvalue weighted by Gasteiger charge is -2.27. The maximum Gasteiger partial charge on any atom is 0.314 e. The fourth-order valence-electron chi connectivity index (χ4n) is 4.75. The van der Waals surface area contributed by atoms with Gasteiger partial charge in [-0.25, -0.2) is 0 Å². The number of unbranched alkanes of at least 4 members (excludes halogenated alkanes) is 5. The van der Waals surface area contributed by atoms with Crippen molar-refractivity contribution in [2.75, 3.05) is 0 Å². The molecule has 1 aliphatic carbocycles. The van der Waals surface area contributed by atoms with Crippen LogP contribution < -0.4 is 4.74 Å². The fraction of sp³-hybridized carbons (Fsp3) is 0.586. The molecule has 3 nitrogen and oxygen atoms in total. The van der Waals surface area contributed by atoms with Crippen LogP contribution in [0.3, 0.4) is 0 Å². The fourth-order valence-corrected chi connectivity index (χ4v) is 4.75. The minimum Gasteiger partial charge on any atom is -0.426 e. The highest BCUT2D eigenvalue weighted by atomic mass is 16.5. The van der Waals surface area contributed by atoms with Gasteiger partial charge in [0.15, 0.2) is 0 Å². The largest absolute Gasteiger partial charge is 0.426 e. The first kappa shape index (κ1) is 24.5. The van der Waals surface area contributed by atoms with E-state index in [1.54, 1.807) is 0 Å². The molecule has 1 saturated carbocycles. The summed E-state index contributed by atoms with van der Waals surface area (Å²) in [7, 11) is 0. The van der Waals surface area contributed by atoms with Crippen LogP contribution in [0.4, 0.5) is 0 Å². The van der Waals surface area contributed by atoms with E-state index in [0.29, 0.717) is 5.75 Å². The van der Waals surface area contributed by atoms with E-state index in [0.717, 1.165) is 36.4 Å². The molecule has 1 aromatic carbocycles. The Bertz CT molecular complexity index is 789. The number of hydrogen-bond acceptors (Lipinski definition) is 3. The Balaban J connectivity index is 1.45. The molecule has 1 aromatic heterocycles. The molecule has 0 aliphatic heterocycles. The molecule has 2 aromatic rings. The first-order valence-corrected chi connectivity index (χ1v) is 13.0. The van der Waals surface area contributed by atoms with Crippen LogP contribution in [0.25, 0.3) is 11.3 Å². The van der Waals surface area contributed by atoms with Gasteiger partial charge in [0.25, 0.3) is 0 Å². The first-order valence-electron chi connectivity index (χ1n) is 13.0. The number of aryl methyl sites for hydroxylation is 1. The Hall–Kier alpha value is -2.16. The molecule has 0 saturated heterocycles. The van der Waals surface area contributed by atoms with Crippen molar-refractivity contribution >= 4 is 5.97 Å². The van der Waals surface area contributed by atoms with Gasteiger partial charge in [-0.3, -0.25) is 9.78 Å². The molecule has 32 heavy (non-hydrogen) atoms. The van der Waals surface area contributed by atoms with Gasteiger partial charge in [0.1, 0.15) is 5.75 Å². The van der Waals surface area contributed by atoms with Crippen LogP contribution in [0.5, 0.6) is 5.75 Å². The molecule has 3 heteroatoms. The maximum absolute atomic E-state index is 12.6. The second-order valence-corrected chi connectivity index (χ2v) is 9.52. The molecule has 0 radical (unpaired) electrons. The monoisotopic (exact) mass is 435 g/mol. The van der Waals surface area contributed by atoms with Crippen LogP contribution in [0.1, 0.15) is 96.5 Å². The molecule has 1 heterocycles. The zero-order valence-electron chi connectivity index (χ0n) is 20.2. The van der Waals surface area contributed by atoms with Gasteiger partial charge in [0.2, 0.25) is 0 Å². The van der Waals surface area contributed by atoms with E-state index in [1.807, 2.05) is 30.5 Å². The number of ether oxygens (including phenoxy) is 1. The van der Waals surface area contributed by atoms with E-state index in [-0.39, 0.29) is 11.9 Å². The minimum absolute atomic E-state index is 0.0590. The SMILES string of the molecule is CCCCCCCc1ccc(-c2ccc(OC(=O)[C@H]3CC[C@H](CCCC)CC3)cc2)nc1. The van der Waals surface area contributed by atoms with Gasteiger partial charge in [0.05, 0.1) is 11.6 Å². The summed E-state index contributed by atoms with van der Waals surface area (Å²) in [6, 6.07) is 12.1. The van der Waals surface area contributed by atoms with Crippen LogP contribution in [0.2, 0.25) is 0 Å². The molecule has 174 valence electrons. The molecule has 0 atom stereocenters. The van der Waals surface area contributed by atoms with Crippen molar-refractivity contribution in [2.24, 2.45) is 11.8 Å². The van der Waals surface area contributed by atoms with Crippen molar-refractivity contribution in [1.82, 2.24) is 4.98 Å². The zero-order chi connectivity index (χ0) is 22.6. The van der Waals surface area contributed by atoms with Crippen LogP contribution in [0, 0.1) is 11.8 Å². The molecular formula is C29H41NO2. The van der Waals surface area contributed by atoms with Crippen LogP contribution >= 0.6 is 0 Å². The van der Waals surface area contributed by atoms with Crippen molar-refractivity contribution in [2.45, 2.75) is 97.3 Å². The third-order valence-corrected chi connectivity index (χ3v) is 6.91. The summed E-state index contributed by atoms with van der Waals surface area (Å²) >= 11 is 0. The molecule has 0 unspecified atom stereocenters. The Kier molecular flexibility index (Phi) is 10.3. The van der Waals surface area contributed by atoms with E-state index >= 15 is 0 Å². The maximum atomic E-state index is 12.6. The Morgan fingerprint density at radius 2 is 1.59 bits per heavy atom. The van der Waals surface area contributed by atoms with Gasteiger partial charge in [-0.15, -0.1) is 0 Å². The molecule has 3 rings (SSSR count). The Labute approximate surface area is 195 Å². The van der Waals surface area contributed by atoms with E-state index in [1.165, 1.54) is 69.8 Å². The second-order valence-electron chi connectivity index (χ2n) is 9.52. The summed E-state index contributed by atoms with van der Waals surface area (Å²) in [5.74, 6) is 1.44. The van der Waals surface area contributed by atoms with Crippen molar-refractivity contribution in [1.29, 1.82) is 0 Å². The summed E-state index contributed by atoms with van der Waals surface area (Å²) in [6.45, 7) is 4.50.